The zero-order valence-corrected chi connectivity index (χ0v) is 12.4. The van der Waals surface area contributed by atoms with Crippen LogP contribution in [0, 0.1) is 0 Å². The van der Waals surface area contributed by atoms with Crippen molar-refractivity contribution in [1.29, 1.82) is 0 Å². The van der Waals surface area contributed by atoms with E-state index in [1.165, 1.54) is 12.0 Å². The molecule has 7 heteroatoms. The number of carbonyl (C=O) groups is 2. The van der Waals surface area contributed by atoms with E-state index >= 15 is 0 Å². The number of methoxy groups -OCH3 is 1. The lowest BCUT2D eigenvalue weighted by Gasteiger charge is -2.40. The molecule has 0 bridgehead atoms. The fraction of sp³-hybridized carbons (Fsp3) is 0.846. The third-order valence-electron chi connectivity index (χ3n) is 3.35. The topological polar surface area (TPSA) is 79.3 Å². The van der Waals surface area contributed by atoms with Crippen LogP contribution in [0.4, 0.5) is 4.79 Å². The van der Waals surface area contributed by atoms with Gasteiger partial charge in [-0.3, -0.25) is 4.79 Å². The van der Waals surface area contributed by atoms with Crippen LogP contribution in [0.25, 0.3) is 0 Å². The number of carboxylic acid groups (broad SMARTS) is 1. The molecule has 0 spiro atoms. The Kier molecular flexibility index (Phi) is 6.74. The molecule has 1 rings (SSSR count). The van der Waals surface area contributed by atoms with Gasteiger partial charge in [0.1, 0.15) is 6.54 Å². The van der Waals surface area contributed by atoms with Crippen molar-refractivity contribution in [2.45, 2.75) is 32.4 Å². The van der Waals surface area contributed by atoms with Crippen molar-refractivity contribution < 1.29 is 24.2 Å². The van der Waals surface area contributed by atoms with E-state index < -0.39 is 5.97 Å². The molecule has 116 valence electrons. The van der Waals surface area contributed by atoms with E-state index in [-0.39, 0.29) is 31.3 Å². The number of carboxylic acids is 1. The van der Waals surface area contributed by atoms with Crippen LogP contribution >= 0.6 is 0 Å². The van der Waals surface area contributed by atoms with Crippen molar-refractivity contribution in [3.8, 4) is 0 Å². The zero-order valence-electron chi connectivity index (χ0n) is 12.4. The standard InChI is InChI=1S/C13H24N2O5/c1-4-11-9-20-10(2)7-15(11)13(18)14(5-6-19-3)8-12(16)17/h10-11H,4-9H2,1-3H3,(H,16,17). The summed E-state index contributed by atoms with van der Waals surface area (Å²) in [5.74, 6) is -1.02. The number of urea groups is 1. The van der Waals surface area contributed by atoms with E-state index in [2.05, 4.69) is 0 Å². The largest absolute Gasteiger partial charge is 0.480 e. The van der Waals surface area contributed by atoms with Crippen molar-refractivity contribution in [2.24, 2.45) is 0 Å². The lowest BCUT2D eigenvalue weighted by molar-refractivity contribution is -0.138. The fourth-order valence-corrected chi connectivity index (χ4v) is 2.21. The number of amides is 2. The molecule has 1 fully saturated rings. The number of hydrogen-bond acceptors (Lipinski definition) is 4. The van der Waals surface area contributed by atoms with E-state index in [1.54, 1.807) is 4.90 Å². The van der Waals surface area contributed by atoms with Gasteiger partial charge in [-0.1, -0.05) is 6.92 Å². The van der Waals surface area contributed by atoms with Gasteiger partial charge in [0.15, 0.2) is 0 Å². The molecule has 2 amide bonds. The molecular formula is C13H24N2O5. The van der Waals surface area contributed by atoms with Crippen LogP contribution < -0.4 is 0 Å². The first-order valence-electron chi connectivity index (χ1n) is 6.87. The molecule has 7 nitrogen and oxygen atoms in total. The molecular weight excluding hydrogens is 264 g/mol. The number of ether oxygens (including phenoxy) is 2. The summed E-state index contributed by atoms with van der Waals surface area (Å²) in [6.45, 7) is 5.14. The highest BCUT2D eigenvalue weighted by Gasteiger charge is 2.32. The Morgan fingerprint density at radius 3 is 2.75 bits per heavy atom. The van der Waals surface area contributed by atoms with Crippen LogP contribution in [0.5, 0.6) is 0 Å². The predicted molar refractivity (Wildman–Crippen MR) is 72.7 cm³/mol. The van der Waals surface area contributed by atoms with Crippen LogP contribution in [-0.4, -0.2) is 79.0 Å². The molecule has 0 aromatic heterocycles. The Labute approximate surface area is 119 Å². The van der Waals surface area contributed by atoms with E-state index in [0.717, 1.165) is 6.42 Å². The first-order chi connectivity index (χ1) is 9.49. The maximum absolute atomic E-state index is 12.5. The van der Waals surface area contributed by atoms with Gasteiger partial charge in [-0.05, 0) is 13.3 Å². The Morgan fingerprint density at radius 1 is 1.50 bits per heavy atom. The summed E-state index contributed by atoms with van der Waals surface area (Å²) in [6, 6.07) is -0.260. The zero-order chi connectivity index (χ0) is 15.1. The summed E-state index contributed by atoms with van der Waals surface area (Å²) in [6.07, 6.45) is 0.750. The van der Waals surface area contributed by atoms with Crippen molar-refractivity contribution in [2.75, 3.05) is 40.0 Å². The number of aliphatic carboxylic acids is 1. The minimum atomic E-state index is -1.02. The van der Waals surface area contributed by atoms with Gasteiger partial charge in [0.25, 0.3) is 0 Å². The average Bonchev–Trinajstić information content (AvgIpc) is 2.42. The highest BCUT2D eigenvalue weighted by molar-refractivity contribution is 5.80. The third-order valence-corrected chi connectivity index (χ3v) is 3.35. The van der Waals surface area contributed by atoms with E-state index in [1.807, 2.05) is 13.8 Å². The fourth-order valence-electron chi connectivity index (χ4n) is 2.21. The maximum Gasteiger partial charge on any atom is 0.323 e. The van der Waals surface area contributed by atoms with Gasteiger partial charge in [-0.25, -0.2) is 4.79 Å². The second-order valence-electron chi connectivity index (χ2n) is 4.95. The molecule has 1 heterocycles. The number of morpholine rings is 1. The molecule has 2 unspecified atom stereocenters. The summed E-state index contributed by atoms with van der Waals surface area (Å²) in [4.78, 5) is 26.5. The molecule has 1 saturated heterocycles. The third kappa shape index (κ3) is 4.64. The lowest BCUT2D eigenvalue weighted by atomic mass is 10.1. The number of carbonyl (C=O) groups excluding carboxylic acids is 1. The van der Waals surface area contributed by atoms with E-state index in [9.17, 15) is 9.59 Å². The monoisotopic (exact) mass is 288 g/mol. The number of nitrogens with zero attached hydrogens (tertiary/aromatic N) is 2. The van der Waals surface area contributed by atoms with Crippen molar-refractivity contribution in [3.63, 3.8) is 0 Å². The van der Waals surface area contributed by atoms with Gasteiger partial charge in [-0.2, -0.15) is 0 Å². The predicted octanol–water partition coefficient (Wildman–Crippen LogP) is 0.639. The Bertz CT molecular complexity index is 337. The molecule has 0 aromatic carbocycles. The summed E-state index contributed by atoms with van der Waals surface area (Å²) >= 11 is 0. The molecule has 2 atom stereocenters. The summed E-state index contributed by atoms with van der Waals surface area (Å²) in [5, 5.41) is 8.93. The Hall–Kier alpha value is -1.34. The minimum absolute atomic E-state index is 0.00228. The van der Waals surface area contributed by atoms with E-state index in [0.29, 0.717) is 19.8 Å². The van der Waals surface area contributed by atoms with Gasteiger partial charge in [0, 0.05) is 20.2 Å². The smallest absolute Gasteiger partial charge is 0.323 e. The normalized spacial score (nSPS) is 22.6. The van der Waals surface area contributed by atoms with Crippen molar-refractivity contribution in [1.82, 2.24) is 9.80 Å². The minimum Gasteiger partial charge on any atom is -0.480 e. The quantitative estimate of drug-likeness (QED) is 0.776. The van der Waals surface area contributed by atoms with E-state index in [4.69, 9.17) is 14.6 Å². The molecule has 1 aliphatic rings. The molecule has 0 aromatic rings. The second kappa shape index (κ2) is 8.06. The molecule has 0 radical (unpaired) electrons. The Morgan fingerprint density at radius 2 is 2.20 bits per heavy atom. The average molecular weight is 288 g/mol. The lowest BCUT2D eigenvalue weighted by Crippen LogP contribution is -2.56. The van der Waals surface area contributed by atoms with Crippen LogP contribution in [0.1, 0.15) is 20.3 Å². The highest BCUT2D eigenvalue weighted by atomic mass is 16.5. The van der Waals surface area contributed by atoms with Crippen LogP contribution in [0.3, 0.4) is 0 Å². The first kappa shape index (κ1) is 16.7. The number of rotatable bonds is 6. The van der Waals surface area contributed by atoms with Gasteiger partial charge in [0.2, 0.25) is 0 Å². The molecule has 1 N–H and O–H groups in total. The van der Waals surface area contributed by atoms with Crippen molar-refractivity contribution in [3.05, 3.63) is 0 Å². The van der Waals surface area contributed by atoms with Gasteiger partial charge in [-0.15, -0.1) is 0 Å². The summed E-state index contributed by atoms with van der Waals surface area (Å²) in [5.41, 5.74) is 0. The first-order valence-corrected chi connectivity index (χ1v) is 6.87. The molecule has 0 aliphatic carbocycles. The maximum atomic E-state index is 12.5. The summed E-state index contributed by atoms with van der Waals surface area (Å²) < 4.78 is 10.5. The molecule has 20 heavy (non-hydrogen) atoms. The van der Waals surface area contributed by atoms with Crippen molar-refractivity contribution >= 4 is 12.0 Å². The SMILES string of the molecule is CCC1COC(C)CN1C(=O)N(CCOC)CC(=O)O. The van der Waals surface area contributed by atoms with Crippen LogP contribution in [0.15, 0.2) is 0 Å². The highest BCUT2D eigenvalue weighted by Crippen LogP contribution is 2.16. The molecule has 0 saturated carbocycles. The number of hydrogen-bond donors (Lipinski definition) is 1. The van der Waals surface area contributed by atoms with Gasteiger partial charge < -0.3 is 24.4 Å². The van der Waals surface area contributed by atoms with Crippen LogP contribution in [0.2, 0.25) is 0 Å². The van der Waals surface area contributed by atoms with Gasteiger partial charge in [0.05, 0.1) is 25.4 Å². The molecule has 1 aliphatic heterocycles. The van der Waals surface area contributed by atoms with Gasteiger partial charge >= 0.3 is 12.0 Å². The second-order valence-corrected chi connectivity index (χ2v) is 4.95. The summed E-state index contributed by atoms with van der Waals surface area (Å²) in [7, 11) is 1.52. The van der Waals surface area contributed by atoms with Crippen LogP contribution in [-0.2, 0) is 14.3 Å². The Balaban J connectivity index is 2.76.